The lowest BCUT2D eigenvalue weighted by atomic mass is 9.96. The van der Waals surface area contributed by atoms with Crippen molar-refractivity contribution in [2.24, 2.45) is 0 Å². The molecule has 2 unspecified atom stereocenters. The lowest BCUT2D eigenvalue weighted by molar-refractivity contribution is -0.129. The monoisotopic (exact) mass is 390 g/mol. The molecule has 164 valence electrons. The van der Waals surface area contributed by atoms with Gasteiger partial charge in [-0.2, -0.15) is 0 Å². The average Bonchev–Trinajstić information content (AvgIpc) is 2.67. The van der Waals surface area contributed by atoms with Crippen LogP contribution in [0.5, 0.6) is 0 Å². The maximum Gasteiger partial charge on any atom is 0.111 e. The molecule has 5 nitrogen and oxygen atoms in total. The van der Waals surface area contributed by atoms with Crippen molar-refractivity contribution in [1.29, 1.82) is 0 Å². The van der Waals surface area contributed by atoms with Gasteiger partial charge in [-0.25, -0.2) is 0 Å². The lowest BCUT2D eigenvalue weighted by Gasteiger charge is -2.30. The Morgan fingerprint density at radius 2 is 0.889 bits per heavy atom. The van der Waals surface area contributed by atoms with Gasteiger partial charge in [-0.05, 0) is 12.8 Å². The van der Waals surface area contributed by atoms with E-state index in [0.717, 1.165) is 38.5 Å². The summed E-state index contributed by atoms with van der Waals surface area (Å²) in [5.74, 6) is 0. The highest BCUT2D eigenvalue weighted by atomic mass is 16.5. The third-order valence-corrected chi connectivity index (χ3v) is 5.32. The molecule has 0 heterocycles. The van der Waals surface area contributed by atoms with Crippen LogP contribution in [0.2, 0.25) is 0 Å². The molecule has 0 aromatic heterocycles. The minimum atomic E-state index is -1.26. The Morgan fingerprint density at radius 3 is 1.22 bits per heavy atom. The Balaban J connectivity index is 4.04. The smallest absolute Gasteiger partial charge is 0.111 e. The first kappa shape index (κ1) is 26.8. The van der Waals surface area contributed by atoms with Gasteiger partial charge < -0.3 is 25.2 Å². The molecule has 0 aromatic carbocycles. The second-order valence-corrected chi connectivity index (χ2v) is 8.29. The van der Waals surface area contributed by atoms with Crippen LogP contribution < -0.4 is 0 Å². The molecule has 5 heteroatoms. The molecule has 0 saturated carbocycles. The fourth-order valence-corrected chi connectivity index (χ4v) is 3.29. The fourth-order valence-electron chi connectivity index (χ4n) is 3.29. The van der Waals surface area contributed by atoms with Crippen molar-refractivity contribution >= 4 is 0 Å². The Hall–Kier alpha value is -0.200. The van der Waals surface area contributed by atoms with Gasteiger partial charge in [-0.1, -0.05) is 90.9 Å². The van der Waals surface area contributed by atoms with E-state index in [0.29, 0.717) is 12.8 Å². The molecule has 4 N–H and O–H groups in total. The van der Waals surface area contributed by atoms with Gasteiger partial charge >= 0.3 is 0 Å². The first-order chi connectivity index (χ1) is 12.9. The van der Waals surface area contributed by atoms with Gasteiger partial charge in [0.1, 0.15) is 11.2 Å². The van der Waals surface area contributed by atoms with Gasteiger partial charge in [-0.3, -0.25) is 0 Å². The van der Waals surface area contributed by atoms with Crippen LogP contribution in [-0.4, -0.2) is 58.1 Å². The first-order valence-electron chi connectivity index (χ1n) is 11.2. The van der Waals surface area contributed by atoms with Crippen LogP contribution in [0.15, 0.2) is 0 Å². The highest BCUT2D eigenvalue weighted by Gasteiger charge is 2.30. The average molecular weight is 391 g/mol. The first-order valence-corrected chi connectivity index (χ1v) is 11.2. The number of ether oxygens (including phenoxy) is 1. The van der Waals surface area contributed by atoms with Gasteiger partial charge in [-0.15, -0.1) is 0 Å². The zero-order chi connectivity index (χ0) is 20.4. The van der Waals surface area contributed by atoms with Crippen LogP contribution >= 0.6 is 0 Å². The third kappa shape index (κ3) is 14.5. The van der Waals surface area contributed by atoms with Gasteiger partial charge in [0, 0.05) is 0 Å². The van der Waals surface area contributed by atoms with E-state index < -0.39 is 11.2 Å². The van der Waals surface area contributed by atoms with Crippen LogP contribution in [0.25, 0.3) is 0 Å². The van der Waals surface area contributed by atoms with Crippen molar-refractivity contribution in [3.8, 4) is 0 Å². The van der Waals surface area contributed by atoms with E-state index in [-0.39, 0.29) is 26.4 Å². The molecule has 0 rings (SSSR count). The number of hydrogen-bond donors (Lipinski definition) is 4. The number of unbranched alkanes of at least 4 members (excludes halogenated alkanes) is 10. The van der Waals surface area contributed by atoms with Gasteiger partial charge in [0.25, 0.3) is 0 Å². The van der Waals surface area contributed by atoms with Crippen LogP contribution in [-0.2, 0) is 4.74 Å². The summed E-state index contributed by atoms with van der Waals surface area (Å²) in [5, 5.41) is 40.0. The van der Waals surface area contributed by atoms with Crippen molar-refractivity contribution in [3.63, 3.8) is 0 Å². The van der Waals surface area contributed by atoms with Crippen LogP contribution in [0.4, 0.5) is 0 Å². The number of aliphatic hydroxyl groups excluding tert-OH is 2. The molecule has 0 aromatic rings. The van der Waals surface area contributed by atoms with E-state index in [9.17, 15) is 20.4 Å². The quantitative estimate of drug-likeness (QED) is 0.236. The Bertz CT molecular complexity index is 296. The van der Waals surface area contributed by atoms with E-state index in [2.05, 4.69) is 13.8 Å². The Kier molecular flexibility index (Phi) is 16.6. The minimum absolute atomic E-state index is 0.0166. The van der Waals surface area contributed by atoms with Gasteiger partial charge in [0.2, 0.25) is 0 Å². The molecule has 27 heavy (non-hydrogen) atoms. The van der Waals surface area contributed by atoms with Gasteiger partial charge in [0.05, 0.1) is 26.4 Å². The highest BCUT2D eigenvalue weighted by Crippen LogP contribution is 2.20. The van der Waals surface area contributed by atoms with Crippen LogP contribution in [0.3, 0.4) is 0 Å². The van der Waals surface area contributed by atoms with Crippen LogP contribution in [0, 0.1) is 0 Å². The summed E-state index contributed by atoms with van der Waals surface area (Å²) in [7, 11) is 0. The summed E-state index contributed by atoms with van der Waals surface area (Å²) < 4.78 is 5.52. The maximum absolute atomic E-state index is 10.5. The lowest BCUT2D eigenvalue weighted by Crippen LogP contribution is -2.43. The largest absolute Gasteiger partial charge is 0.393 e. The molecule has 0 saturated heterocycles. The summed E-state index contributed by atoms with van der Waals surface area (Å²) >= 11 is 0. The van der Waals surface area contributed by atoms with Crippen molar-refractivity contribution in [1.82, 2.24) is 0 Å². The fraction of sp³-hybridized carbons (Fsp3) is 1.00. The minimum Gasteiger partial charge on any atom is -0.393 e. The Labute approximate surface area is 167 Å². The summed E-state index contributed by atoms with van der Waals surface area (Å²) in [4.78, 5) is 0. The molecule has 0 fully saturated rings. The summed E-state index contributed by atoms with van der Waals surface area (Å²) in [6, 6.07) is 0. The van der Waals surface area contributed by atoms with Crippen molar-refractivity contribution in [2.45, 2.75) is 115 Å². The summed E-state index contributed by atoms with van der Waals surface area (Å²) in [5.41, 5.74) is -2.53. The molecule has 0 amide bonds. The molecule has 2 atom stereocenters. The molecular weight excluding hydrogens is 344 g/mol. The van der Waals surface area contributed by atoms with E-state index in [1.807, 2.05) is 0 Å². The van der Waals surface area contributed by atoms with Crippen molar-refractivity contribution < 1.29 is 25.2 Å². The van der Waals surface area contributed by atoms with Crippen molar-refractivity contribution in [2.75, 3.05) is 26.4 Å². The van der Waals surface area contributed by atoms with E-state index in [4.69, 9.17) is 4.74 Å². The highest BCUT2D eigenvalue weighted by molar-refractivity contribution is 4.81. The number of rotatable bonds is 20. The predicted molar refractivity (Wildman–Crippen MR) is 111 cm³/mol. The molecule has 0 aliphatic carbocycles. The normalized spacial score (nSPS) is 16.2. The molecule has 0 aliphatic heterocycles. The molecule has 0 spiro atoms. The maximum atomic E-state index is 10.5. The second kappa shape index (κ2) is 16.7. The summed E-state index contributed by atoms with van der Waals surface area (Å²) in [6.07, 6.45) is 14.4. The summed E-state index contributed by atoms with van der Waals surface area (Å²) in [6.45, 7) is 3.63. The van der Waals surface area contributed by atoms with E-state index in [1.54, 1.807) is 0 Å². The number of aliphatic hydroxyl groups is 4. The molecule has 0 bridgehead atoms. The predicted octanol–water partition coefficient (Wildman–Crippen LogP) is 3.95. The molecule has 0 radical (unpaired) electrons. The standard InChI is InChI=1S/C22H46O5/c1-3-5-7-9-11-13-15-21(25,17-23)19-27-20-22(26,18-24)16-14-12-10-8-6-4-2/h23-26H,3-20H2,1-2H3. The third-order valence-electron chi connectivity index (χ3n) is 5.32. The topological polar surface area (TPSA) is 90.2 Å². The Morgan fingerprint density at radius 1 is 0.556 bits per heavy atom. The van der Waals surface area contributed by atoms with Crippen molar-refractivity contribution in [3.05, 3.63) is 0 Å². The van der Waals surface area contributed by atoms with Gasteiger partial charge in [0.15, 0.2) is 0 Å². The van der Waals surface area contributed by atoms with Crippen LogP contribution in [0.1, 0.15) is 104 Å². The zero-order valence-corrected chi connectivity index (χ0v) is 17.9. The molecular formula is C22H46O5. The van der Waals surface area contributed by atoms with E-state index >= 15 is 0 Å². The number of hydrogen-bond acceptors (Lipinski definition) is 5. The molecule has 0 aliphatic rings. The van der Waals surface area contributed by atoms with E-state index in [1.165, 1.54) is 38.5 Å². The second-order valence-electron chi connectivity index (χ2n) is 8.29. The SMILES string of the molecule is CCCCCCCCC(O)(CO)COCC(O)(CO)CCCCCCCC. The zero-order valence-electron chi connectivity index (χ0n) is 17.9.